The lowest BCUT2D eigenvalue weighted by Gasteiger charge is -2.03. The molecule has 15 heavy (non-hydrogen) atoms. The standard InChI is InChI=1S/C6H8N8O/c1(5-7-11-12-8-5)3-15-4-2-6-9-13-14-10-6/h1-4H2/q-2. The van der Waals surface area contributed by atoms with Gasteiger partial charge in [0.1, 0.15) is 0 Å². The molecule has 0 saturated heterocycles. The van der Waals surface area contributed by atoms with E-state index in [1.54, 1.807) is 0 Å². The zero-order valence-electron chi connectivity index (χ0n) is 7.81. The Balaban J connectivity index is 1.56. The highest BCUT2D eigenvalue weighted by Gasteiger charge is 1.92. The lowest BCUT2D eigenvalue weighted by Crippen LogP contribution is -2.05. The summed E-state index contributed by atoms with van der Waals surface area (Å²) in [6, 6.07) is 0. The van der Waals surface area contributed by atoms with Gasteiger partial charge in [-0.1, -0.05) is 0 Å². The smallest absolute Gasteiger partial charge is 0.0510 e. The first-order valence-corrected chi connectivity index (χ1v) is 4.38. The molecule has 0 N–H and O–H groups in total. The summed E-state index contributed by atoms with van der Waals surface area (Å²) in [5.41, 5.74) is 0. The van der Waals surface area contributed by atoms with Gasteiger partial charge in [-0.15, -0.1) is 0 Å². The Hall–Kier alpha value is -1.90. The van der Waals surface area contributed by atoms with E-state index in [2.05, 4.69) is 41.2 Å². The van der Waals surface area contributed by atoms with E-state index >= 15 is 0 Å². The summed E-state index contributed by atoms with van der Waals surface area (Å²) < 4.78 is 5.31. The average Bonchev–Trinajstić information content (AvgIpc) is 2.88. The second-order valence-corrected chi connectivity index (χ2v) is 2.70. The molecule has 9 nitrogen and oxygen atoms in total. The van der Waals surface area contributed by atoms with Crippen LogP contribution in [0.3, 0.4) is 0 Å². The fourth-order valence-corrected chi connectivity index (χ4v) is 0.955. The monoisotopic (exact) mass is 208 g/mol. The first-order valence-electron chi connectivity index (χ1n) is 4.38. The van der Waals surface area contributed by atoms with Crippen molar-refractivity contribution >= 4 is 0 Å². The van der Waals surface area contributed by atoms with Crippen LogP contribution in [0.5, 0.6) is 0 Å². The minimum absolute atomic E-state index is 0.523. The normalized spacial score (nSPS) is 10.7. The molecule has 0 atom stereocenters. The minimum Gasteiger partial charge on any atom is -0.381 e. The first kappa shape index (κ1) is 9.65. The van der Waals surface area contributed by atoms with E-state index < -0.39 is 0 Å². The van der Waals surface area contributed by atoms with Gasteiger partial charge in [0.05, 0.1) is 13.2 Å². The van der Waals surface area contributed by atoms with E-state index in [0.29, 0.717) is 37.7 Å². The van der Waals surface area contributed by atoms with Crippen LogP contribution >= 0.6 is 0 Å². The van der Waals surface area contributed by atoms with Gasteiger partial charge in [0.2, 0.25) is 0 Å². The molecule has 0 aliphatic heterocycles. The molecule has 80 valence electrons. The van der Waals surface area contributed by atoms with E-state index in [1.165, 1.54) is 0 Å². The highest BCUT2D eigenvalue weighted by molar-refractivity contribution is 4.76. The Morgan fingerprint density at radius 1 is 0.867 bits per heavy atom. The lowest BCUT2D eigenvalue weighted by molar-refractivity contribution is 0.137. The van der Waals surface area contributed by atoms with Crippen molar-refractivity contribution in [2.45, 2.75) is 12.8 Å². The number of ether oxygens (including phenoxy) is 1. The molecule has 0 aliphatic carbocycles. The summed E-state index contributed by atoms with van der Waals surface area (Å²) in [5.74, 6) is 1.17. The summed E-state index contributed by atoms with van der Waals surface area (Å²) in [5, 5.41) is 28.1. The molecule has 0 bridgehead atoms. The van der Waals surface area contributed by atoms with Crippen molar-refractivity contribution in [3.63, 3.8) is 0 Å². The van der Waals surface area contributed by atoms with Crippen LogP contribution in [0.15, 0.2) is 0 Å². The number of nitrogens with zero attached hydrogens (tertiary/aromatic N) is 8. The van der Waals surface area contributed by atoms with Gasteiger partial charge in [0.25, 0.3) is 0 Å². The second kappa shape index (κ2) is 5.10. The third kappa shape index (κ3) is 3.06. The van der Waals surface area contributed by atoms with Crippen molar-refractivity contribution in [3.8, 4) is 0 Å². The van der Waals surface area contributed by atoms with Crippen LogP contribution in [0.2, 0.25) is 0 Å². The molecule has 0 unspecified atom stereocenters. The van der Waals surface area contributed by atoms with E-state index in [0.717, 1.165) is 0 Å². The zero-order chi connectivity index (χ0) is 10.3. The summed E-state index contributed by atoms with van der Waals surface area (Å²) in [4.78, 5) is 0. The second-order valence-electron chi connectivity index (χ2n) is 2.70. The van der Waals surface area contributed by atoms with Crippen molar-refractivity contribution in [2.24, 2.45) is 0 Å². The largest absolute Gasteiger partial charge is 0.381 e. The predicted octanol–water partition coefficient (Wildman–Crippen LogP) is -2.23. The molecule has 0 aromatic carbocycles. The van der Waals surface area contributed by atoms with Crippen LogP contribution < -0.4 is 10.2 Å². The van der Waals surface area contributed by atoms with Crippen molar-refractivity contribution < 1.29 is 4.74 Å². The highest BCUT2D eigenvalue weighted by Crippen LogP contribution is 1.89. The first-order chi connectivity index (χ1) is 7.45. The number of aromatic nitrogens is 8. The molecular formula is C6H8N8O-2. The maximum absolute atomic E-state index is 5.31. The van der Waals surface area contributed by atoms with Gasteiger partial charge in [0, 0.05) is 24.5 Å². The van der Waals surface area contributed by atoms with E-state index in [4.69, 9.17) is 4.74 Å². The highest BCUT2D eigenvalue weighted by atomic mass is 16.5. The van der Waals surface area contributed by atoms with Gasteiger partial charge in [-0.25, -0.2) is 0 Å². The average molecular weight is 208 g/mol. The molecule has 2 aromatic heterocycles. The third-order valence-electron chi connectivity index (χ3n) is 1.66. The maximum atomic E-state index is 5.31. The topological polar surface area (TPSA) is 115 Å². The Morgan fingerprint density at radius 2 is 1.40 bits per heavy atom. The fourth-order valence-electron chi connectivity index (χ4n) is 0.955. The third-order valence-corrected chi connectivity index (χ3v) is 1.66. The fraction of sp³-hybridized carbons (Fsp3) is 0.667. The Morgan fingerprint density at radius 3 is 1.80 bits per heavy atom. The number of hydrogen-bond donors (Lipinski definition) is 0. The van der Waals surface area contributed by atoms with Gasteiger partial charge in [-0.05, 0) is 0 Å². The molecule has 0 spiro atoms. The van der Waals surface area contributed by atoms with Crippen molar-refractivity contribution in [1.29, 1.82) is 0 Å². The molecular weight excluding hydrogens is 200 g/mol. The maximum Gasteiger partial charge on any atom is 0.0510 e. The summed E-state index contributed by atoms with van der Waals surface area (Å²) in [7, 11) is 0. The summed E-state index contributed by atoms with van der Waals surface area (Å²) >= 11 is 0. The Bertz CT molecular complexity index is 320. The van der Waals surface area contributed by atoms with Crippen LogP contribution in [0.25, 0.3) is 0 Å². The summed E-state index contributed by atoms with van der Waals surface area (Å²) in [6.45, 7) is 1.05. The van der Waals surface area contributed by atoms with Crippen LogP contribution in [-0.2, 0) is 17.6 Å². The number of tetrazole rings is 2. The number of rotatable bonds is 6. The lowest BCUT2D eigenvalue weighted by atomic mass is 10.4. The number of hydrogen-bond acceptors (Lipinski definition) is 7. The summed E-state index contributed by atoms with van der Waals surface area (Å²) in [6.07, 6.45) is 1.21. The van der Waals surface area contributed by atoms with Crippen molar-refractivity contribution in [2.75, 3.05) is 13.2 Å². The quantitative estimate of drug-likeness (QED) is 0.486. The van der Waals surface area contributed by atoms with Crippen LogP contribution in [-0.4, -0.2) is 44.3 Å². The van der Waals surface area contributed by atoms with E-state index in [1.807, 2.05) is 0 Å². The van der Waals surface area contributed by atoms with Crippen LogP contribution in [0, 0.1) is 0 Å². The van der Waals surface area contributed by atoms with E-state index in [-0.39, 0.29) is 0 Å². The molecule has 0 fully saturated rings. The molecule has 2 heterocycles. The zero-order valence-corrected chi connectivity index (χ0v) is 7.81. The molecule has 0 saturated carbocycles. The van der Waals surface area contributed by atoms with Crippen LogP contribution in [0.4, 0.5) is 0 Å². The van der Waals surface area contributed by atoms with Crippen LogP contribution in [0.1, 0.15) is 11.6 Å². The van der Waals surface area contributed by atoms with Gasteiger partial charge in [-0.2, -0.15) is 10.4 Å². The Kier molecular flexibility index (Phi) is 3.28. The molecule has 2 rings (SSSR count). The molecule has 0 radical (unpaired) electrons. The Labute approximate surface area is 84.6 Å². The predicted molar refractivity (Wildman–Crippen MR) is 44.5 cm³/mol. The molecule has 9 heteroatoms. The van der Waals surface area contributed by atoms with Gasteiger partial charge >= 0.3 is 0 Å². The van der Waals surface area contributed by atoms with E-state index in [9.17, 15) is 0 Å². The SMILES string of the molecule is C(Cc1nnn[n-]1)OCCc1nnn[n-]1. The van der Waals surface area contributed by atoms with Crippen molar-refractivity contribution in [3.05, 3.63) is 11.6 Å². The van der Waals surface area contributed by atoms with Crippen molar-refractivity contribution in [1.82, 2.24) is 41.2 Å². The molecule has 0 aliphatic rings. The minimum atomic E-state index is 0.523. The molecule has 2 aromatic rings. The van der Waals surface area contributed by atoms with Gasteiger partial charge in [0.15, 0.2) is 0 Å². The molecule has 0 amide bonds. The van der Waals surface area contributed by atoms with Gasteiger partial charge < -0.3 is 14.9 Å². The van der Waals surface area contributed by atoms with Gasteiger partial charge in [-0.3, -0.25) is 20.6 Å².